The predicted octanol–water partition coefficient (Wildman–Crippen LogP) is 6.51. The normalized spacial score (nSPS) is 22.0. The largest absolute Gasteiger partial charge is 0.492 e. The first-order valence-electron chi connectivity index (χ1n) is 20.1. The Bertz CT molecular complexity index is 2340. The van der Waals surface area contributed by atoms with E-state index in [1.54, 1.807) is 24.3 Å². The highest BCUT2D eigenvalue weighted by molar-refractivity contribution is 7.81. The molecule has 1 aliphatic carbocycles. The van der Waals surface area contributed by atoms with E-state index in [0.717, 1.165) is 11.1 Å². The Morgan fingerprint density at radius 2 is 1.73 bits per heavy atom. The zero-order chi connectivity index (χ0) is 44.7. The first-order valence-corrected chi connectivity index (χ1v) is 20.5. The van der Waals surface area contributed by atoms with Crippen LogP contribution in [-0.2, 0) is 31.3 Å². The van der Waals surface area contributed by atoms with Gasteiger partial charge in [0.2, 0.25) is 17.7 Å². The summed E-state index contributed by atoms with van der Waals surface area (Å²) in [6, 6.07) is 12.4. The van der Waals surface area contributed by atoms with Gasteiger partial charge in [-0.1, -0.05) is 6.07 Å². The molecule has 0 radical (unpaired) electrons. The second kappa shape index (κ2) is 17.2. The van der Waals surface area contributed by atoms with Crippen LogP contribution in [0.15, 0.2) is 54.7 Å². The standard InChI is InChI=1S/C42H44F5N9O5S.3H2/c1-24-21-53(22-25(2)54(24)23-36(58)51-27-7-4-6-26(16-27)50-32-9-11-35(57)52-37(32)59)14-15-61-34-10-8-28(17-31(34)40(3,43)44)56-39(62)55(38(60)41(56)12-5-13-41)29-18-30(42(45,46)47)33(19-48)49-20-29;;;/h4,6-8,10,16-18,20,24-25,32,50H,5,9,11-15,21-23H2,1-3H3,(H,51,58)(H,52,57,59);3*1H/t24-,25+,32?;;;. The Kier molecular flexibility index (Phi) is 12.3. The molecule has 1 spiro atoms. The third-order valence-corrected chi connectivity index (χ3v) is 12.1. The molecule has 1 aromatic heterocycles. The molecule has 7 rings (SSSR count). The van der Waals surface area contributed by atoms with Crippen molar-refractivity contribution >= 4 is 63.7 Å². The number of nitriles is 1. The number of thiocarbonyl (C=S) groups is 1. The third kappa shape index (κ3) is 8.92. The van der Waals surface area contributed by atoms with Crippen LogP contribution in [0, 0.1) is 11.3 Å². The molecule has 3 aromatic rings. The molecule has 14 nitrogen and oxygen atoms in total. The van der Waals surface area contributed by atoms with Crippen LogP contribution in [0.3, 0.4) is 0 Å². The minimum absolute atomic E-state index is 0. The Balaban J connectivity index is 0.00000308. The number of piperazine rings is 1. The summed E-state index contributed by atoms with van der Waals surface area (Å²) in [5.41, 5.74) is -2.96. The topological polar surface area (TPSA) is 163 Å². The average Bonchev–Trinajstić information content (AvgIpc) is 3.43. The lowest BCUT2D eigenvalue weighted by molar-refractivity contribution is -0.138. The van der Waals surface area contributed by atoms with Gasteiger partial charge in [0.25, 0.3) is 11.8 Å². The van der Waals surface area contributed by atoms with Crippen molar-refractivity contribution in [3.63, 3.8) is 0 Å². The molecule has 4 amide bonds. The van der Waals surface area contributed by atoms with Crippen molar-refractivity contribution in [1.29, 1.82) is 5.26 Å². The summed E-state index contributed by atoms with van der Waals surface area (Å²) >= 11 is 5.66. The van der Waals surface area contributed by atoms with E-state index < -0.39 is 52.3 Å². The molecule has 3 aliphatic heterocycles. The van der Waals surface area contributed by atoms with Gasteiger partial charge in [0, 0.05) is 66.4 Å². The molecule has 1 unspecified atom stereocenters. The monoisotopic (exact) mass is 887 g/mol. The van der Waals surface area contributed by atoms with Gasteiger partial charge in [-0.3, -0.25) is 39.2 Å². The van der Waals surface area contributed by atoms with Crippen molar-refractivity contribution < 1.29 is 50.1 Å². The van der Waals surface area contributed by atoms with Crippen LogP contribution in [0.1, 0.15) is 74.0 Å². The van der Waals surface area contributed by atoms with Gasteiger partial charge in [0.1, 0.15) is 30.0 Å². The summed E-state index contributed by atoms with van der Waals surface area (Å²) in [6.07, 6.45) is -2.23. The zero-order valence-electron chi connectivity index (χ0n) is 34.0. The van der Waals surface area contributed by atoms with Crippen LogP contribution < -0.4 is 30.5 Å². The fourth-order valence-electron chi connectivity index (χ4n) is 8.55. The number of nitrogens with one attached hydrogen (secondary N) is 3. The number of piperidine rings is 1. The van der Waals surface area contributed by atoms with E-state index >= 15 is 8.78 Å². The van der Waals surface area contributed by atoms with E-state index in [1.807, 2.05) is 13.8 Å². The van der Waals surface area contributed by atoms with Crippen LogP contribution in [0.25, 0.3) is 0 Å². The number of amides is 4. The number of rotatable bonds is 12. The molecule has 4 fully saturated rings. The SMILES string of the molecule is C[C@@H]1CN(CCOc2ccc(N3C(=S)N(c4cnc(C#N)c(C(F)(F)F)c4)C(=O)C34CCC4)cc2C(C)(F)F)C[C@H](C)N1CC(=O)Nc1cccc(NC2CCC(=O)NC2=O)c1.[HH].[HH].[HH]. The van der Waals surface area contributed by atoms with Gasteiger partial charge < -0.3 is 20.3 Å². The average molecular weight is 888 g/mol. The van der Waals surface area contributed by atoms with Crippen LogP contribution in [0.2, 0.25) is 0 Å². The molecule has 3 atom stereocenters. The van der Waals surface area contributed by atoms with Gasteiger partial charge in [-0.2, -0.15) is 18.4 Å². The Labute approximate surface area is 363 Å². The van der Waals surface area contributed by atoms with E-state index in [0.29, 0.717) is 56.8 Å². The molecular formula is C42H50F5N9O5S. The quantitative estimate of drug-likeness (QED) is 0.103. The van der Waals surface area contributed by atoms with E-state index in [1.165, 1.54) is 29.2 Å². The molecule has 20 heteroatoms. The minimum atomic E-state index is -4.94. The molecule has 4 heterocycles. The van der Waals surface area contributed by atoms with Crippen LogP contribution in [0.4, 0.5) is 44.7 Å². The fraction of sp³-hybridized carbons (Fsp3) is 0.452. The van der Waals surface area contributed by atoms with E-state index in [-0.39, 0.29) is 82.8 Å². The maximum atomic E-state index is 15.3. The minimum Gasteiger partial charge on any atom is -0.492 e. The van der Waals surface area contributed by atoms with Gasteiger partial charge in [0.05, 0.1) is 29.6 Å². The van der Waals surface area contributed by atoms with Crippen molar-refractivity contribution in [2.24, 2.45) is 0 Å². The number of carbonyl (C=O) groups is 4. The first kappa shape index (κ1) is 44.3. The highest BCUT2D eigenvalue weighted by atomic mass is 32.1. The number of alkyl halides is 5. The Morgan fingerprint density at radius 1 is 1.03 bits per heavy atom. The highest BCUT2D eigenvalue weighted by Crippen LogP contribution is 2.49. The van der Waals surface area contributed by atoms with Crippen molar-refractivity contribution in [2.75, 3.05) is 53.2 Å². The van der Waals surface area contributed by atoms with Crippen LogP contribution in [-0.4, -0.2) is 100.0 Å². The maximum Gasteiger partial charge on any atom is 0.419 e. The van der Waals surface area contributed by atoms with Crippen LogP contribution in [0.5, 0.6) is 5.75 Å². The van der Waals surface area contributed by atoms with Crippen molar-refractivity contribution in [3.05, 3.63) is 71.5 Å². The maximum absolute atomic E-state index is 15.3. The number of aromatic nitrogens is 1. The molecule has 2 aromatic carbocycles. The van der Waals surface area contributed by atoms with Crippen LogP contribution >= 0.6 is 12.2 Å². The summed E-state index contributed by atoms with van der Waals surface area (Å²) < 4.78 is 78.0. The van der Waals surface area contributed by atoms with Gasteiger partial charge in [0.15, 0.2) is 10.8 Å². The first-order chi connectivity index (χ1) is 29.3. The summed E-state index contributed by atoms with van der Waals surface area (Å²) in [7, 11) is 0. The molecule has 3 saturated heterocycles. The number of imide groups is 1. The second-order valence-corrected chi connectivity index (χ2v) is 16.5. The lowest BCUT2D eigenvalue weighted by Gasteiger charge is -2.44. The van der Waals surface area contributed by atoms with E-state index in [2.05, 4.69) is 30.7 Å². The predicted molar refractivity (Wildman–Crippen MR) is 228 cm³/mol. The summed E-state index contributed by atoms with van der Waals surface area (Å²) in [6.45, 7) is 6.39. The summed E-state index contributed by atoms with van der Waals surface area (Å²) in [5, 5.41) is 17.3. The summed E-state index contributed by atoms with van der Waals surface area (Å²) in [5.74, 6) is -5.04. The molecule has 334 valence electrons. The number of nitrogens with zero attached hydrogens (tertiary/aromatic N) is 6. The molecule has 0 bridgehead atoms. The van der Waals surface area contributed by atoms with E-state index in [9.17, 15) is 37.6 Å². The van der Waals surface area contributed by atoms with Gasteiger partial charge in [-0.05, 0) is 94.2 Å². The second-order valence-electron chi connectivity index (χ2n) is 16.2. The fourth-order valence-corrected chi connectivity index (χ4v) is 9.01. The molecule has 62 heavy (non-hydrogen) atoms. The van der Waals surface area contributed by atoms with Gasteiger partial charge >= 0.3 is 6.18 Å². The number of anilines is 4. The smallest absolute Gasteiger partial charge is 0.419 e. The molecule has 1 saturated carbocycles. The molecule has 3 N–H and O–H groups in total. The zero-order valence-corrected chi connectivity index (χ0v) is 34.8. The number of hydrogen-bond donors (Lipinski definition) is 3. The Hall–Kier alpha value is -5.78. The van der Waals surface area contributed by atoms with Crippen molar-refractivity contribution in [2.45, 2.75) is 88.6 Å². The van der Waals surface area contributed by atoms with Crippen molar-refractivity contribution in [3.8, 4) is 11.8 Å². The molecule has 4 aliphatic rings. The number of ether oxygens (including phenoxy) is 1. The number of halogens is 5. The third-order valence-electron chi connectivity index (χ3n) is 11.7. The number of carbonyl (C=O) groups excluding carboxylic acids is 4. The van der Waals surface area contributed by atoms with Gasteiger partial charge in [-0.25, -0.2) is 13.8 Å². The summed E-state index contributed by atoms with van der Waals surface area (Å²) in [4.78, 5) is 61.0. The lowest BCUT2D eigenvalue weighted by atomic mass is 9.75. The highest BCUT2D eigenvalue weighted by Gasteiger charge is 2.60. The Morgan fingerprint density at radius 3 is 2.35 bits per heavy atom. The van der Waals surface area contributed by atoms with Gasteiger partial charge in [-0.15, -0.1) is 0 Å². The van der Waals surface area contributed by atoms with E-state index in [4.69, 9.17) is 17.0 Å². The number of pyridine rings is 1. The molecular weight excluding hydrogens is 838 g/mol. The van der Waals surface area contributed by atoms with Crippen molar-refractivity contribution in [1.82, 2.24) is 20.1 Å². The number of hydrogen-bond acceptors (Lipinski definition) is 11. The lowest BCUT2D eigenvalue weighted by Crippen LogP contribution is -2.58. The number of benzene rings is 2.